The van der Waals surface area contributed by atoms with Gasteiger partial charge >= 0.3 is 6.09 Å². The first-order valence-electron chi connectivity index (χ1n) is 7.50. The van der Waals surface area contributed by atoms with Crippen LogP contribution in [0.2, 0.25) is 0 Å². The molecular formula is C14H22N2O4. The zero-order valence-corrected chi connectivity index (χ0v) is 11.9. The predicted octanol–water partition coefficient (Wildman–Crippen LogP) is 1.04. The molecule has 1 N–H and O–H groups in total. The van der Waals surface area contributed by atoms with Crippen LogP contribution >= 0.6 is 0 Å². The monoisotopic (exact) mass is 282 g/mol. The van der Waals surface area contributed by atoms with Gasteiger partial charge in [-0.2, -0.15) is 0 Å². The molecule has 0 radical (unpaired) electrons. The molecule has 2 saturated heterocycles. The molecule has 1 saturated carbocycles. The molecule has 20 heavy (non-hydrogen) atoms. The van der Waals surface area contributed by atoms with Crippen molar-refractivity contribution in [2.24, 2.45) is 0 Å². The van der Waals surface area contributed by atoms with Crippen molar-refractivity contribution in [1.82, 2.24) is 10.2 Å². The molecule has 3 aliphatic rings. The zero-order chi connectivity index (χ0) is 14.2. The fourth-order valence-electron chi connectivity index (χ4n) is 3.51. The lowest BCUT2D eigenvalue weighted by molar-refractivity contribution is -0.158. The Hall–Kier alpha value is -1.30. The van der Waals surface area contributed by atoms with Crippen LogP contribution in [0.5, 0.6) is 0 Å². The number of amides is 2. The number of rotatable bonds is 1. The first-order valence-corrected chi connectivity index (χ1v) is 7.50. The van der Waals surface area contributed by atoms with Gasteiger partial charge in [0.15, 0.2) is 0 Å². The van der Waals surface area contributed by atoms with Gasteiger partial charge in [0, 0.05) is 13.1 Å². The van der Waals surface area contributed by atoms with Crippen LogP contribution in [-0.4, -0.2) is 54.3 Å². The number of carbonyl (C=O) groups is 2. The maximum atomic E-state index is 12.6. The van der Waals surface area contributed by atoms with Crippen molar-refractivity contribution in [2.75, 3.05) is 19.7 Å². The van der Waals surface area contributed by atoms with E-state index >= 15 is 0 Å². The number of hydrogen-bond donors (Lipinski definition) is 1. The second kappa shape index (κ2) is 5.24. The zero-order valence-electron chi connectivity index (χ0n) is 11.9. The highest BCUT2D eigenvalue weighted by Crippen LogP contribution is 2.34. The van der Waals surface area contributed by atoms with Crippen LogP contribution in [0.1, 0.15) is 39.0 Å². The van der Waals surface area contributed by atoms with Gasteiger partial charge in [-0.1, -0.05) is 19.3 Å². The molecule has 2 heterocycles. The largest absolute Gasteiger partial charge is 0.444 e. The molecule has 2 atom stereocenters. The van der Waals surface area contributed by atoms with E-state index in [2.05, 4.69) is 5.32 Å². The van der Waals surface area contributed by atoms with E-state index in [4.69, 9.17) is 9.47 Å². The number of hydrogen-bond acceptors (Lipinski definition) is 4. The maximum Gasteiger partial charge on any atom is 0.408 e. The maximum absolute atomic E-state index is 12.6. The first kappa shape index (κ1) is 13.7. The Morgan fingerprint density at radius 1 is 1.35 bits per heavy atom. The molecule has 3 rings (SSSR count). The minimum Gasteiger partial charge on any atom is -0.444 e. The van der Waals surface area contributed by atoms with Crippen molar-refractivity contribution in [3.63, 3.8) is 0 Å². The molecule has 1 spiro atoms. The van der Waals surface area contributed by atoms with Crippen molar-refractivity contribution in [1.29, 1.82) is 0 Å². The van der Waals surface area contributed by atoms with E-state index in [1.165, 1.54) is 19.3 Å². The lowest BCUT2D eigenvalue weighted by atomic mass is 9.83. The van der Waals surface area contributed by atoms with Crippen LogP contribution in [-0.2, 0) is 14.3 Å². The summed E-state index contributed by atoms with van der Waals surface area (Å²) in [5.41, 5.74) is -0.154. The molecule has 0 aromatic carbocycles. The van der Waals surface area contributed by atoms with Crippen LogP contribution in [0.25, 0.3) is 0 Å². The molecule has 112 valence electrons. The third-order valence-electron chi connectivity index (χ3n) is 4.63. The molecule has 1 aliphatic carbocycles. The summed E-state index contributed by atoms with van der Waals surface area (Å²) in [6.45, 7) is 3.57. The van der Waals surface area contributed by atoms with E-state index in [0.29, 0.717) is 19.7 Å². The molecule has 2 aliphatic heterocycles. The molecule has 0 unspecified atom stereocenters. The topological polar surface area (TPSA) is 67.9 Å². The Morgan fingerprint density at radius 3 is 2.75 bits per heavy atom. The lowest BCUT2D eigenvalue weighted by Crippen LogP contribution is -2.58. The van der Waals surface area contributed by atoms with Crippen molar-refractivity contribution in [2.45, 2.75) is 56.8 Å². The number of carbonyl (C=O) groups excluding carboxylic acids is 2. The first-order chi connectivity index (χ1) is 9.60. The summed E-state index contributed by atoms with van der Waals surface area (Å²) in [5.74, 6) is -0.0448. The summed E-state index contributed by atoms with van der Waals surface area (Å²) in [6.07, 6.45) is 4.74. The third-order valence-corrected chi connectivity index (χ3v) is 4.63. The molecule has 3 fully saturated rings. The molecule has 2 amide bonds. The Bertz CT molecular complexity index is 400. The number of alkyl carbamates (subject to hydrolysis) is 1. The van der Waals surface area contributed by atoms with E-state index in [-0.39, 0.29) is 11.5 Å². The fraction of sp³-hybridized carbons (Fsp3) is 0.857. The van der Waals surface area contributed by atoms with E-state index in [1.54, 1.807) is 6.92 Å². The summed E-state index contributed by atoms with van der Waals surface area (Å²) < 4.78 is 11.0. The average Bonchev–Trinajstić information content (AvgIpc) is 2.78. The molecule has 0 bridgehead atoms. The van der Waals surface area contributed by atoms with Gasteiger partial charge in [0.1, 0.15) is 12.1 Å². The molecule has 6 heteroatoms. The Balaban J connectivity index is 1.67. The summed E-state index contributed by atoms with van der Waals surface area (Å²) in [7, 11) is 0. The van der Waals surface area contributed by atoms with Gasteiger partial charge in [-0.3, -0.25) is 4.79 Å². The summed E-state index contributed by atoms with van der Waals surface area (Å²) in [5, 5.41) is 2.60. The second-order valence-corrected chi connectivity index (χ2v) is 6.08. The fourth-order valence-corrected chi connectivity index (χ4v) is 3.51. The smallest absolute Gasteiger partial charge is 0.408 e. The van der Waals surface area contributed by atoms with Crippen LogP contribution in [0.15, 0.2) is 0 Å². The van der Waals surface area contributed by atoms with Crippen LogP contribution in [0.3, 0.4) is 0 Å². The summed E-state index contributed by atoms with van der Waals surface area (Å²) >= 11 is 0. The Kier molecular flexibility index (Phi) is 3.58. The van der Waals surface area contributed by atoms with Crippen LogP contribution < -0.4 is 5.32 Å². The minimum atomic E-state index is -0.554. The van der Waals surface area contributed by atoms with Gasteiger partial charge in [0.05, 0.1) is 12.2 Å². The molecule has 0 aromatic rings. The highest BCUT2D eigenvalue weighted by molar-refractivity contribution is 5.88. The van der Waals surface area contributed by atoms with Gasteiger partial charge in [-0.15, -0.1) is 0 Å². The minimum absolute atomic E-state index is 0.0448. The van der Waals surface area contributed by atoms with E-state index in [1.807, 2.05) is 4.90 Å². The second-order valence-electron chi connectivity index (χ2n) is 6.08. The lowest BCUT2D eigenvalue weighted by Gasteiger charge is -2.45. The average molecular weight is 282 g/mol. The Labute approximate surface area is 118 Å². The van der Waals surface area contributed by atoms with Crippen LogP contribution in [0, 0.1) is 0 Å². The van der Waals surface area contributed by atoms with Gasteiger partial charge in [-0.05, 0) is 19.8 Å². The Morgan fingerprint density at radius 2 is 2.10 bits per heavy atom. The normalized spacial score (nSPS) is 32.9. The summed E-state index contributed by atoms with van der Waals surface area (Å²) in [6, 6.07) is -0.554. The standard InChI is InChI=1S/C14H22N2O4/c1-10-11(15-13(18)20-10)12(17)16-7-8-19-14(9-16)5-3-2-4-6-14/h10-11H,2-9H2,1H3,(H,15,18)/t10-,11+/m1/s1. The van der Waals surface area contributed by atoms with Gasteiger partial charge in [0.2, 0.25) is 5.91 Å². The number of nitrogens with one attached hydrogen (secondary N) is 1. The number of nitrogens with zero attached hydrogens (tertiary/aromatic N) is 1. The number of morpholine rings is 1. The molecule has 6 nitrogen and oxygen atoms in total. The number of ether oxygens (including phenoxy) is 2. The molecule has 0 aromatic heterocycles. The van der Waals surface area contributed by atoms with Crippen molar-refractivity contribution in [3.8, 4) is 0 Å². The van der Waals surface area contributed by atoms with E-state index < -0.39 is 18.2 Å². The quantitative estimate of drug-likeness (QED) is 0.780. The van der Waals surface area contributed by atoms with Crippen LogP contribution in [0.4, 0.5) is 4.79 Å². The van der Waals surface area contributed by atoms with Gasteiger partial charge in [-0.25, -0.2) is 4.79 Å². The van der Waals surface area contributed by atoms with Gasteiger partial charge < -0.3 is 19.7 Å². The van der Waals surface area contributed by atoms with Crippen molar-refractivity contribution >= 4 is 12.0 Å². The highest BCUT2D eigenvalue weighted by atomic mass is 16.6. The van der Waals surface area contributed by atoms with Gasteiger partial charge in [0.25, 0.3) is 0 Å². The summed E-state index contributed by atoms with van der Waals surface area (Å²) in [4.78, 5) is 25.6. The van der Waals surface area contributed by atoms with Crippen molar-refractivity contribution < 1.29 is 19.1 Å². The van der Waals surface area contributed by atoms with E-state index in [0.717, 1.165) is 12.8 Å². The highest BCUT2D eigenvalue weighted by Gasteiger charge is 2.44. The number of cyclic esters (lactones) is 1. The molecular weight excluding hydrogens is 260 g/mol. The third kappa shape index (κ3) is 2.49. The van der Waals surface area contributed by atoms with E-state index in [9.17, 15) is 9.59 Å². The SMILES string of the molecule is C[C@H]1OC(=O)N[C@@H]1C(=O)N1CCOC2(CCCCC2)C1. The van der Waals surface area contributed by atoms with Crippen molar-refractivity contribution in [3.05, 3.63) is 0 Å². The predicted molar refractivity (Wildman–Crippen MR) is 71.2 cm³/mol.